The fourth-order valence-corrected chi connectivity index (χ4v) is 2.78. The van der Waals surface area contributed by atoms with Crippen molar-refractivity contribution in [2.75, 3.05) is 33.3 Å². The van der Waals surface area contributed by atoms with E-state index in [0.717, 1.165) is 51.9 Å². The summed E-state index contributed by atoms with van der Waals surface area (Å²) in [4.78, 5) is 14.4. The fraction of sp³-hybridized carbons (Fsp3) is 0.917. The number of rotatable bonds is 2. The first-order chi connectivity index (χ1) is 7.78. The van der Waals surface area contributed by atoms with Crippen LogP contribution in [0.25, 0.3) is 0 Å². The molecule has 0 aromatic rings. The molecule has 1 aliphatic carbocycles. The van der Waals surface area contributed by atoms with E-state index >= 15 is 0 Å². The number of amides is 1. The van der Waals surface area contributed by atoms with Crippen molar-refractivity contribution in [1.82, 2.24) is 10.2 Å². The van der Waals surface area contributed by atoms with Gasteiger partial charge in [-0.2, -0.15) is 0 Å². The lowest BCUT2D eigenvalue weighted by Crippen LogP contribution is -2.56. The molecule has 16 heavy (non-hydrogen) atoms. The van der Waals surface area contributed by atoms with Gasteiger partial charge in [-0.3, -0.25) is 4.79 Å². The number of hydrogen-bond donors (Lipinski definition) is 1. The molecule has 2 fully saturated rings. The maximum atomic E-state index is 12.5. The minimum Gasteiger partial charge on any atom is -0.368 e. The van der Waals surface area contributed by atoms with Crippen LogP contribution < -0.4 is 5.32 Å². The molecule has 1 heterocycles. The van der Waals surface area contributed by atoms with Crippen molar-refractivity contribution < 1.29 is 9.53 Å². The van der Waals surface area contributed by atoms with Crippen molar-refractivity contribution in [2.45, 2.75) is 37.7 Å². The van der Waals surface area contributed by atoms with Crippen molar-refractivity contribution in [3.8, 4) is 0 Å². The average Bonchev–Trinajstić information content (AvgIpc) is 2.39. The summed E-state index contributed by atoms with van der Waals surface area (Å²) in [6, 6.07) is 0. The van der Waals surface area contributed by atoms with E-state index in [9.17, 15) is 4.79 Å². The largest absolute Gasteiger partial charge is 0.368 e. The highest BCUT2D eigenvalue weighted by Gasteiger charge is 2.42. The van der Waals surface area contributed by atoms with Crippen molar-refractivity contribution in [1.29, 1.82) is 0 Å². The zero-order valence-electron chi connectivity index (χ0n) is 10.1. The molecule has 0 bridgehead atoms. The number of nitrogens with zero attached hydrogens (tertiary/aromatic N) is 1. The van der Waals surface area contributed by atoms with Crippen LogP contribution >= 0.6 is 0 Å². The van der Waals surface area contributed by atoms with Gasteiger partial charge in [0.1, 0.15) is 5.60 Å². The fourth-order valence-electron chi connectivity index (χ4n) is 2.78. The molecule has 4 nitrogen and oxygen atoms in total. The Morgan fingerprint density at radius 3 is 2.38 bits per heavy atom. The number of carbonyl (C=O) groups excluding carboxylic acids is 1. The van der Waals surface area contributed by atoms with E-state index in [1.165, 1.54) is 6.42 Å². The molecule has 1 amide bonds. The van der Waals surface area contributed by atoms with Gasteiger partial charge in [0, 0.05) is 33.3 Å². The lowest BCUT2D eigenvalue weighted by Gasteiger charge is -2.40. The van der Waals surface area contributed by atoms with E-state index in [1.54, 1.807) is 7.11 Å². The highest BCUT2D eigenvalue weighted by atomic mass is 16.5. The summed E-state index contributed by atoms with van der Waals surface area (Å²) < 4.78 is 5.58. The van der Waals surface area contributed by atoms with Gasteiger partial charge >= 0.3 is 0 Å². The molecule has 4 heteroatoms. The molecule has 2 rings (SSSR count). The maximum absolute atomic E-state index is 12.5. The zero-order chi connectivity index (χ0) is 11.4. The molecule has 92 valence electrons. The molecule has 0 atom stereocenters. The van der Waals surface area contributed by atoms with Gasteiger partial charge in [0.2, 0.25) is 0 Å². The van der Waals surface area contributed by atoms with Crippen LogP contribution in [0.1, 0.15) is 32.1 Å². The van der Waals surface area contributed by atoms with E-state index in [-0.39, 0.29) is 5.91 Å². The molecular weight excluding hydrogens is 204 g/mol. The van der Waals surface area contributed by atoms with Crippen molar-refractivity contribution >= 4 is 5.91 Å². The lowest BCUT2D eigenvalue weighted by atomic mass is 9.83. The third-order valence-electron chi connectivity index (χ3n) is 3.85. The SMILES string of the molecule is COC1(C(=O)N2CCNCC2)CCCCC1. The Labute approximate surface area is 97.3 Å². The first-order valence-corrected chi connectivity index (χ1v) is 6.34. The van der Waals surface area contributed by atoms with Crippen LogP contribution in [0.15, 0.2) is 0 Å². The monoisotopic (exact) mass is 226 g/mol. The quantitative estimate of drug-likeness (QED) is 0.756. The highest BCUT2D eigenvalue weighted by Crippen LogP contribution is 2.32. The standard InChI is InChI=1S/C12H22N2O2/c1-16-12(5-3-2-4-6-12)11(15)14-9-7-13-8-10-14/h13H,2-10H2,1H3. The Hall–Kier alpha value is -0.610. The predicted octanol–water partition coefficient (Wildman–Crippen LogP) is 0.767. The Morgan fingerprint density at radius 2 is 1.81 bits per heavy atom. The Kier molecular flexibility index (Phi) is 3.82. The summed E-state index contributed by atoms with van der Waals surface area (Å²) in [5.41, 5.74) is -0.504. The normalized spacial score (nSPS) is 25.4. The topological polar surface area (TPSA) is 41.6 Å². The molecule has 1 saturated carbocycles. The molecule has 1 saturated heterocycles. The van der Waals surface area contributed by atoms with Crippen LogP contribution in [-0.4, -0.2) is 49.7 Å². The summed E-state index contributed by atoms with van der Waals surface area (Å²) in [7, 11) is 1.69. The van der Waals surface area contributed by atoms with E-state index < -0.39 is 5.60 Å². The second-order valence-electron chi connectivity index (χ2n) is 4.80. The summed E-state index contributed by atoms with van der Waals surface area (Å²) in [6.07, 6.45) is 5.26. The molecule has 2 aliphatic rings. The molecular formula is C12H22N2O2. The summed E-state index contributed by atoms with van der Waals surface area (Å²) in [5.74, 6) is 0.219. The molecule has 0 aromatic carbocycles. The number of ether oxygens (including phenoxy) is 1. The maximum Gasteiger partial charge on any atom is 0.254 e. The van der Waals surface area contributed by atoms with Gasteiger partial charge in [-0.15, -0.1) is 0 Å². The van der Waals surface area contributed by atoms with Crippen LogP contribution in [0, 0.1) is 0 Å². The number of methoxy groups -OCH3 is 1. The van der Waals surface area contributed by atoms with Crippen LogP contribution in [0.5, 0.6) is 0 Å². The number of carbonyl (C=O) groups is 1. The molecule has 0 spiro atoms. The third-order valence-corrected chi connectivity index (χ3v) is 3.85. The van der Waals surface area contributed by atoms with Crippen molar-refractivity contribution in [3.63, 3.8) is 0 Å². The zero-order valence-corrected chi connectivity index (χ0v) is 10.1. The van der Waals surface area contributed by atoms with E-state index in [4.69, 9.17) is 4.74 Å². The molecule has 0 radical (unpaired) electrons. The summed E-state index contributed by atoms with van der Waals surface area (Å²) in [5, 5.41) is 3.27. The second kappa shape index (κ2) is 5.15. The average molecular weight is 226 g/mol. The second-order valence-corrected chi connectivity index (χ2v) is 4.80. The predicted molar refractivity (Wildman–Crippen MR) is 62.3 cm³/mol. The number of piperazine rings is 1. The van der Waals surface area contributed by atoms with E-state index in [1.807, 2.05) is 4.90 Å². The molecule has 0 aromatic heterocycles. The van der Waals surface area contributed by atoms with Crippen LogP contribution in [0.2, 0.25) is 0 Å². The van der Waals surface area contributed by atoms with Crippen LogP contribution in [0.3, 0.4) is 0 Å². The van der Waals surface area contributed by atoms with E-state index in [2.05, 4.69) is 5.32 Å². The highest BCUT2D eigenvalue weighted by molar-refractivity contribution is 5.85. The van der Waals surface area contributed by atoms with E-state index in [0.29, 0.717) is 0 Å². The third kappa shape index (κ3) is 2.23. The first kappa shape index (κ1) is 11.9. The van der Waals surface area contributed by atoms with Gasteiger partial charge in [0.15, 0.2) is 0 Å². The summed E-state index contributed by atoms with van der Waals surface area (Å²) in [6.45, 7) is 3.46. The summed E-state index contributed by atoms with van der Waals surface area (Å²) >= 11 is 0. The molecule has 1 aliphatic heterocycles. The van der Waals surface area contributed by atoms with Crippen molar-refractivity contribution in [2.24, 2.45) is 0 Å². The number of nitrogens with one attached hydrogen (secondary N) is 1. The van der Waals surface area contributed by atoms with Gasteiger partial charge in [-0.25, -0.2) is 0 Å². The van der Waals surface area contributed by atoms with Gasteiger partial charge in [-0.1, -0.05) is 19.3 Å². The van der Waals surface area contributed by atoms with Gasteiger partial charge in [0.05, 0.1) is 0 Å². The number of hydrogen-bond acceptors (Lipinski definition) is 3. The smallest absolute Gasteiger partial charge is 0.254 e. The molecule has 0 unspecified atom stereocenters. The van der Waals surface area contributed by atoms with Crippen LogP contribution in [0.4, 0.5) is 0 Å². The minimum absolute atomic E-state index is 0.219. The Balaban J connectivity index is 2.04. The minimum atomic E-state index is -0.504. The van der Waals surface area contributed by atoms with Gasteiger partial charge in [-0.05, 0) is 12.8 Å². The van der Waals surface area contributed by atoms with Crippen molar-refractivity contribution in [3.05, 3.63) is 0 Å². The lowest BCUT2D eigenvalue weighted by molar-refractivity contribution is -0.159. The Bertz CT molecular complexity index is 243. The first-order valence-electron chi connectivity index (χ1n) is 6.34. The van der Waals surface area contributed by atoms with Gasteiger partial charge in [0.25, 0.3) is 5.91 Å². The molecule has 1 N–H and O–H groups in total. The van der Waals surface area contributed by atoms with Crippen LogP contribution in [-0.2, 0) is 9.53 Å². The Morgan fingerprint density at radius 1 is 1.19 bits per heavy atom. The van der Waals surface area contributed by atoms with Gasteiger partial charge < -0.3 is 15.0 Å².